The Bertz CT molecular complexity index is 1730. The van der Waals surface area contributed by atoms with Crippen molar-refractivity contribution in [2.24, 2.45) is 23.7 Å². The summed E-state index contributed by atoms with van der Waals surface area (Å²) in [6, 6.07) is 2.65. The molecule has 1 spiro atoms. The minimum Gasteiger partial charge on any atom is -0.477 e. The lowest BCUT2D eigenvalue weighted by Gasteiger charge is -2.59. The van der Waals surface area contributed by atoms with Crippen molar-refractivity contribution in [3.63, 3.8) is 0 Å². The Morgan fingerprint density at radius 2 is 1.80 bits per heavy atom. The second-order valence-electron chi connectivity index (χ2n) is 14.4. The molecule has 49 heavy (non-hydrogen) atoms. The first-order valence-electron chi connectivity index (χ1n) is 17.4. The van der Waals surface area contributed by atoms with E-state index < -0.39 is 52.7 Å². The van der Waals surface area contributed by atoms with Crippen LogP contribution in [0.25, 0.3) is 10.9 Å². The fourth-order valence-electron chi connectivity index (χ4n) is 8.81. The third kappa shape index (κ3) is 5.70. The summed E-state index contributed by atoms with van der Waals surface area (Å²) in [5.41, 5.74) is -1.21. The van der Waals surface area contributed by atoms with Crippen LogP contribution in [0.1, 0.15) is 76.6 Å². The largest absolute Gasteiger partial charge is 0.477 e. The number of carbonyl (C=O) groups excluding carboxylic acids is 2. The number of rotatable bonds is 7. The lowest BCUT2D eigenvalue weighted by Crippen LogP contribution is -2.70. The number of ether oxygens (including phenoxy) is 3. The highest BCUT2D eigenvalue weighted by atomic mass is 19.1. The normalized spacial score (nSPS) is 34.0. The SMILES string of the molecule is CCn1cc(C(=O)O)c(=O)c2cc(F)c(N3CCN(C(=O)CCC(=O)O[C@H]4O[C@@H]5O[C@@]6(C)CC[C@H]7[C@H](C)CC[C@@H]([C@H]4C)[C@@]57OO6)CC3)cc21. The highest BCUT2D eigenvalue weighted by molar-refractivity contribution is 5.93. The summed E-state index contributed by atoms with van der Waals surface area (Å²) in [7, 11) is 0. The van der Waals surface area contributed by atoms with Gasteiger partial charge in [0.2, 0.25) is 23.4 Å². The number of piperazine rings is 1. The van der Waals surface area contributed by atoms with E-state index in [4.69, 9.17) is 24.0 Å². The number of aryl methyl sites for hydroxylation is 1. The molecule has 6 heterocycles. The van der Waals surface area contributed by atoms with Crippen LogP contribution in [-0.2, 0) is 40.1 Å². The topological polar surface area (TPSA) is 146 Å². The number of nitrogens with zero attached hydrogens (tertiary/aromatic N) is 3. The van der Waals surface area contributed by atoms with E-state index in [1.54, 1.807) is 20.4 Å². The third-order valence-electron chi connectivity index (χ3n) is 11.6. The van der Waals surface area contributed by atoms with E-state index in [1.165, 1.54) is 6.20 Å². The highest BCUT2D eigenvalue weighted by Gasteiger charge is 2.69. The molecule has 0 radical (unpaired) electrons. The van der Waals surface area contributed by atoms with Crippen LogP contribution < -0.4 is 10.3 Å². The van der Waals surface area contributed by atoms with E-state index in [-0.39, 0.29) is 47.6 Å². The maximum atomic E-state index is 15.3. The zero-order valence-corrected chi connectivity index (χ0v) is 28.3. The van der Waals surface area contributed by atoms with Gasteiger partial charge in [-0.3, -0.25) is 14.4 Å². The van der Waals surface area contributed by atoms with Crippen LogP contribution in [-0.4, -0.2) is 82.6 Å². The molecule has 13 nitrogen and oxygen atoms in total. The van der Waals surface area contributed by atoms with Gasteiger partial charge in [-0.15, -0.1) is 0 Å². The Morgan fingerprint density at radius 1 is 1.04 bits per heavy atom. The molecule has 5 aliphatic heterocycles. The van der Waals surface area contributed by atoms with Crippen LogP contribution in [0.4, 0.5) is 10.1 Å². The summed E-state index contributed by atoms with van der Waals surface area (Å²) in [5, 5.41) is 9.41. The van der Waals surface area contributed by atoms with Gasteiger partial charge in [-0.05, 0) is 57.1 Å². The number of anilines is 1. The second-order valence-corrected chi connectivity index (χ2v) is 14.4. The molecule has 5 saturated heterocycles. The van der Waals surface area contributed by atoms with Gasteiger partial charge in [-0.2, -0.15) is 0 Å². The summed E-state index contributed by atoms with van der Waals surface area (Å²) < 4.78 is 35.4. The number of carboxylic acid groups (broad SMARTS) is 1. The van der Waals surface area contributed by atoms with Crippen LogP contribution in [0.2, 0.25) is 0 Å². The van der Waals surface area contributed by atoms with Crippen molar-refractivity contribution in [2.75, 3.05) is 31.1 Å². The summed E-state index contributed by atoms with van der Waals surface area (Å²) >= 11 is 0. The van der Waals surface area contributed by atoms with Crippen molar-refractivity contribution in [2.45, 2.75) is 96.7 Å². The second kappa shape index (κ2) is 12.6. The first kappa shape index (κ1) is 33.9. The number of aromatic carboxylic acids is 1. The molecule has 2 aromatic rings. The average Bonchev–Trinajstić information content (AvgIpc) is 3.31. The van der Waals surface area contributed by atoms with Crippen molar-refractivity contribution >= 4 is 34.4 Å². The standard InChI is InChI=1S/C35H44FN3O10/c1-5-37-18-22(31(43)44)30(42)21-16-25(36)27(17-26(21)37)38-12-14-39(15-13-38)28(40)8-9-29(41)45-32-20(3)24-7-6-19(2)23-10-11-34(4)47-33(46-32)35(23,24)49-48-34/h16-20,23-24,32-33H,5-15H2,1-4H3,(H,43,44)/t19-,20-,23+,24+,32+,33-,34-,35-/m1/s1. The first-order valence-corrected chi connectivity index (χ1v) is 17.4. The minimum atomic E-state index is -1.37. The molecule has 8 rings (SSSR count). The van der Waals surface area contributed by atoms with Gasteiger partial charge in [0, 0.05) is 69.0 Å². The molecule has 0 unspecified atom stereocenters. The van der Waals surface area contributed by atoms with Gasteiger partial charge in [-0.25, -0.2) is 19.0 Å². The van der Waals surface area contributed by atoms with Gasteiger partial charge in [-0.1, -0.05) is 13.8 Å². The van der Waals surface area contributed by atoms with Crippen molar-refractivity contribution in [3.8, 4) is 0 Å². The Balaban J connectivity index is 0.957. The molecule has 6 aliphatic rings. The Labute approximate surface area is 283 Å². The molecular weight excluding hydrogens is 641 g/mol. The number of amides is 1. The molecule has 2 bridgehead atoms. The molecule has 1 aromatic heterocycles. The number of aromatic nitrogens is 1. The van der Waals surface area contributed by atoms with Crippen LogP contribution in [0.5, 0.6) is 0 Å². The number of hydrogen-bond acceptors (Lipinski definition) is 10. The number of carboxylic acids is 1. The highest BCUT2D eigenvalue weighted by Crippen LogP contribution is 2.60. The van der Waals surface area contributed by atoms with Gasteiger partial charge in [0.1, 0.15) is 11.4 Å². The molecule has 1 amide bonds. The Morgan fingerprint density at radius 3 is 2.51 bits per heavy atom. The van der Waals surface area contributed by atoms with Crippen molar-refractivity contribution < 1.29 is 47.9 Å². The zero-order valence-electron chi connectivity index (χ0n) is 28.3. The van der Waals surface area contributed by atoms with Crippen molar-refractivity contribution in [3.05, 3.63) is 39.9 Å². The number of carbonyl (C=O) groups is 3. The van der Waals surface area contributed by atoms with Gasteiger partial charge >= 0.3 is 11.9 Å². The van der Waals surface area contributed by atoms with Crippen LogP contribution in [0.15, 0.2) is 23.1 Å². The van der Waals surface area contributed by atoms with E-state index >= 15 is 4.39 Å². The van der Waals surface area contributed by atoms with Crippen LogP contribution in [0, 0.1) is 29.5 Å². The average molecular weight is 686 g/mol. The lowest BCUT2D eigenvalue weighted by atomic mass is 9.58. The number of hydrogen-bond donors (Lipinski definition) is 1. The molecule has 6 fully saturated rings. The number of fused-ring (bicyclic) bond motifs is 3. The quantitative estimate of drug-likeness (QED) is 0.333. The third-order valence-corrected chi connectivity index (χ3v) is 11.6. The van der Waals surface area contributed by atoms with Gasteiger partial charge in [0.15, 0.2) is 11.9 Å². The molecule has 8 atom stereocenters. The predicted octanol–water partition coefficient (Wildman–Crippen LogP) is 4.04. The number of pyridine rings is 1. The lowest BCUT2D eigenvalue weighted by molar-refractivity contribution is -0.576. The summed E-state index contributed by atoms with van der Waals surface area (Å²) in [4.78, 5) is 65.9. The number of esters is 1. The molecule has 266 valence electrons. The van der Waals surface area contributed by atoms with E-state index in [2.05, 4.69) is 6.92 Å². The smallest absolute Gasteiger partial charge is 0.341 e. The first-order chi connectivity index (χ1) is 23.3. The Kier molecular flexibility index (Phi) is 8.73. The van der Waals surface area contributed by atoms with Crippen molar-refractivity contribution in [1.82, 2.24) is 9.47 Å². The molecule has 1 N–H and O–H groups in total. The Hall–Kier alpha value is -3.59. The van der Waals surface area contributed by atoms with Gasteiger partial charge < -0.3 is 33.7 Å². The van der Waals surface area contributed by atoms with Crippen LogP contribution in [0.3, 0.4) is 0 Å². The van der Waals surface area contributed by atoms with E-state index in [1.807, 2.05) is 20.8 Å². The molecule has 14 heteroatoms. The molecule has 1 aliphatic carbocycles. The van der Waals surface area contributed by atoms with Gasteiger partial charge in [0.05, 0.1) is 17.6 Å². The summed E-state index contributed by atoms with van der Waals surface area (Å²) in [6.45, 7) is 9.57. The molecule has 1 saturated carbocycles. The number of benzene rings is 1. The van der Waals surface area contributed by atoms with Gasteiger partial charge in [0.25, 0.3) is 0 Å². The fraction of sp³-hybridized carbons (Fsp3) is 0.657. The van der Waals surface area contributed by atoms with E-state index in [9.17, 15) is 24.3 Å². The summed E-state index contributed by atoms with van der Waals surface area (Å²) in [6.07, 6.45) is 3.01. The zero-order chi connectivity index (χ0) is 34.8. The maximum Gasteiger partial charge on any atom is 0.341 e. The molecular formula is C35H44FN3O10. The van der Waals surface area contributed by atoms with Crippen molar-refractivity contribution in [1.29, 1.82) is 0 Å². The number of halogens is 1. The minimum absolute atomic E-state index is 0.000565. The molecule has 1 aromatic carbocycles. The monoisotopic (exact) mass is 685 g/mol. The fourth-order valence-corrected chi connectivity index (χ4v) is 8.81. The maximum absolute atomic E-state index is 15.3. The van der Waals surface area contributed by atoms with Crippen LogP contribution >= 0.6 is 0 Å². The van der Waals surface area contributed by atoms with E-state index in [0.717, 1.165) is 25.3 Å². The van der Waals surface area contributed by atoms with E-state index in [0.29, 0.717) is 50.6 Å². The predicted molar refractivity (Wildman–Crippen MR) is 172 cm³/mol. The summed E-state index contributed by atoms with van der Waals surface area (Å²) in [5.74, 6) is -3.24.